The maximum Gasteiger partial charge on any atom is 0.312 e. The number of hydrogen-bond acceptors (Lipinski definition) is 16. The van der Waals surface area contributed by atoms with Gasteiger partial charge in [-0.3, -0.25) is 24.0 Å². The molecule has 2 aromatic carbocycles. The van der Waals surface area contributed by atoms with Crippen LogP contribution in [-0.2, 0) is 28.6 Å². The SMILES string of the molecule is CO[C@H]1/C=C/O[C@@]2(C)Oc3c(C)c(O)c4c(=O)c(c5oc6cc(OCCN(C(C)=O)C(C)(C)C)cc(O)c6nc-5c4c3C2=O)NC(=O)/C(C)=C\C=C\[C@H](C)[C@H](O)[C@@H](C)[C@@H](O)[C@@H](C)[C@H](OC(C)=O)[C@@H]1C. The number of fused-ring (bicyclic) bond motifs is 2. The molecule has 0 fully saturated rings. The van der Waals surface area contributed by atoms with Gasteiger partial charge in [0.2, 0.25) is 11.3 Å². The molecular weight excluding hydrogens is 895 g/mol. The summed E-state index contributed by atoms with van der Waals surface area (Å²) < 4.78 is 36.2. The highest BCUT2D eigenvalue weighted by Gasteiger charge is 2.50. The normalized spacial score (nSPS) is 27.6. The molecule has 69 heavy (non-hydrogen) atoms. The molecule has 0 saturated heterocycles. The van der Waals surface area contributed by atoms with Crippen molar-refractivity contribution in [3.63, 3.8) is 0 Å². The first kappa shape index (κ1) is 51.9. The van der Waals surface area contributed by atoms with Gasteiger partial charge in [0, 0.05) is 85.7 Å². The Balaban J connectivity index is 1.57. The molecule has 18 nitrogen and oxygen atoms in total. The van der Waals surface area contributed by atoms with Crippen LogP contribution in [0.1, 0.15) is 92.1 Å². The number of benzene rings is 3. The van der Waals surface area contributed by atoms with E-state index in [0.29, 0.717) is 0 Å². The second kappa shape index (κ2) is 19.8. The monoisotopic (exact) mass is 957 g/mol. The van der Waals surface area contributed by atoms with Gasteiger partial charge in [-0.25, -0.2) is 4.98 Å². The predicted molar refractivity (Wildman–Crippen MR) is 255 cm³/mol. The number of phenolic OH excluding ortho intramolecular Hbond substituents is 2. The van der Waals surface area contributed by atoms with Gasteiger partial charge in [0.15, 0.2) is 11.3 Å². The molecule has 0 radical (unpaired) electrons. The molecule has 2 amide bonds. The molecular formula is C51H63N3O15. The van der Waals surface area contributed by atoms with Crippen molar-refractivity contribution in [2.45, 2.75) is 119 Å². The number of rotatable bonds is 6. The molecule has 0 unspecified atom stereocenters. The molecule has 0 aromatic heterocycles. The van der Waals surface area contributed by atoms with E-state index in [0.717, 1.165) is 0 Å². The van der Waals surface area contributed by atoms with Crippen molar-refractivity contribution >= 4 is 51.1 Å². The summed E-state index contributed by atoms with van der Waals surface area (Å²) in [5.74, 6) is -8.47. The van der Waals surface area contributed by atoms with Gasteiger partial charge >= 0.3 is 11.8 Å². The minimum Gasteiger partial charge on any atom is -0.507 e. The molecule has 0 spiro atoms. The van der Waals surface area contributed by atoms with E-state index in [9.17, 15) is 44.4 Å². The molecule has 9 atom stereocenters. The third-order valence-electron chi connectivity index (χ3n) is 13.2. The molecule has 1 aliphatic carbocycles. The number of amides is 2. The summed E-state index contributed by atoms with van der Waals surface area (Å²) >= 11 is 0. The van der Waals surface area contributed by atoms with E-state index in [1.807, 2.05) is 20.8 Å². The van der Waals surface area contributed by atoms with Crippen molar-refractivity contribution in [1.29, 1.82) is 0 Å². The number of carbonyl (C=O) groups excluding carboxylic acids is 4. The van der Waals surface area contributed by atoms with Gasteiger partial charge in [-0.2, -0.15) is 0 Å². The Morgan fingerprint density at radius 3 is 2.26 bits per heavy atom. The van der Waals surface area contributed by atoms with Crippen LogP contribution in [0.2, 0.25) is 0 Å². The van der Waals surface area contributed by atoms with Crippen LogP contribution in [0.4, 0.5) is 5.69 Å². The van der Waals surface area contributed by atoms with Gasteiger partial charge in [-0.15, -0.1) is 0 Å². The van der Waals surface area contributed by atoms with E-state index in [1.54, 1.807) is 44.7 Å². The summed E-state index contributed by atoms with van der Waals surface area (Å²) in [7, 11) is 1.42. The minimum atomic E-state index is -2.12. The Morgan fingerprint density at radius 1 is 0.957 bits per heavy atom. The third kappa shape index (κ3) is 10.0. The molecule has 0 saturated carbocycles. The molecule has 372 valence electrons. The van der Waals surface area contributed by atoms with Crippen LogP contribution in [0.3, 0.4) is 0 Å². The summed E-state index contributed by atoms with van der Waals surface area (Å²) in [6, 6.07) is 2.69. The largest absolute Gasteiger partial charge is 0.507 e. The topological polar surface area (TPSA) is 254 Å². The van der Waals surface area contributed by atoms with E-state index in [4.69, 9.17) is 33.1 Å². The fraction of sp³-hybridized carbons (Fsp3) is 0.490. The second-order valence-corrected chi connectivity index (χ2v) is 19.2. The van der Waals surface area contributed by atoms with E-state index in [2.05, 4.69) is 5.32 Å². The number of aliphatic hydroxyl groups is 2. The number of anilines is 1. The van der Waals surface area contributed by atoms with Crippen LogP contribution >= 0.6 is 0 Å². The number of Topliss-reactive ketones (excluding diaryl/α,β-unsaturated/α-hetero) is 1. The minimum absolute atomic E-state index is 0.00882. The fourth-order valence-corrected chi connectivity index (χ4v) is 9.17. The molecule has 2 aromatic rings. The van der Waals surface area contributed by atoms with Crippen LogP contribution < -0.4 is 20.2 Å². The highest BCUT2D eigenvalue weighted by molar-refractivity contribution is 6.22. The van der Waals surface area contributed by atoms with Crippen LogP contribution in [0.15, 0.2) is 57.5 Å². The van der Waals surface area contributed by atoms with Gasteiger partial charge in [0.1, 0.15) is 52.6 Å². The number of methoxy groups -OCH3 is 1. The number of ketones is 1. The molecule has 5 N–H and O–H groups in total. The summed E-state index contributed by atoms with van der Waals surface area (Å²) in [6.07, 6.45) is 3.25. The number of nitrogens with zero attached hydrogens (tertiary/aromatic N) is 2. The zero-order valence-corrected chi connectivity index (χ0v) is 41.2. The standard InChI is InChI=1S/C51H63N3O15/c1-23-15-14-16-24(2)49(63)53-40-44(61)36-35(39-47(40)68-34-22-31(21-32(57)38(34)52-39)65-20-18-54(29(7)55)50(9,10)11)37-46(28(6)43(36)60)69-51(12,48(37)62)66-19-17-33(64-13)25(3)45(67-30(8)56)27(5)42(59)26(4)41(23)58/h14-17,19,21-23,25-27,33,41-42,45,57-60H,18,20H2,1-13H3,(H,53,63)/b15-14+,19-17+,24-16-/t23-,25+,26+,27+,33-,41-,42+,45+,51-/m0/s1. The van der Waals surface area contributed by atoms with E-state index >= 15 is 0 Å². The summed E-state index contributed by atoms with van der Waals surface area (Å²) in [4.78, 5) is 74.8. The Kier molecular flexibility index (Phi) is 14.9. The van der Waals surface area contributed by atoms with Crippen LogP contribution in [0.25, 0.3) is 33.3 Å². The number of phenols is 2. The Bertz CT molecular complexity index is 2800. The molecule has 4 bridgehead atoms. The highest BCUT2D eigenvalue weighted by Crippen LogP contribution is 2.51. The lowest BCUT2D eigenvalue weighted by molar-refractivity contribution is -0.160. The van der Waals surface area contributed by atoms with Gasteiger partial charge in [-0.1, -0.05) is 45.9 Å². The number of aromatic nitrogens is 1. The van der Waals surface area contributed by atoms with Gasteiger partial charge in [0.25, 0.3) is 11.7 Å². The summed E-state index contributed by atoms with van der Waals surface area (Å²) in [5, 5.41) is 48.3. The molecule has 3 aliphatic heterocycles. The average molecular weight is 958 g/mol. The van der Waals surface area contributed by atoms with Gasteiger partial charge in [0.05, 0.1) is 42.1 Å². The van der Waals surface area contributed by atoms with Crippen LogP contribution in [0, 0.1) is 30.6 Å². The Labute approximate surface area is 399 Å². The number of carbonyl (C=O) groups is 4. The number of aliphatic hydroxyl groups excluding tert-OH is 2. The smallest absolute Gasteiger partial charge is 0.312 e. The van der Waals surface area contributed by atoms with Crippen LogP contribution in [-0.4, -0.2) is 110 Å². The number of esters is 1. The van der Waals surface area contributed by atoms with Crippen molar-refractivity contribution in [2.75, 3.05) is 25.6 Å². The molecule has 6 rings (SSSR count). The lowest BCUT2D eigenvalue weighted by Crippen LogP contribution is -2.46. The number of nitrogens with one attached hydrogen (secondary N) is 1. The number of hydrogen-bond donors (Lipinski definition) is 5. The van der Waals surface area contributed by atoms with Crippen molar-refractivity contribution < 1.29 is 67.7 Å². The molecule has 18 heteroatoms. The zero-order chi connectivity index (χ0) is 51.2. The van der Waals surface area contributed by atoms with Crippen molar-refractivity contribution in [2.24, 2.45) is 23.7 Å². The second-order valence-electron chi connectivity index (χ2n) is 19.2. The zero-order valence-electron chi connectivity index (χ0n) is 41.2. The first-order chi connectivity index (χ1) is 32.2. The van der Waals surface area contributed by atoms with Gasteiger partial charge in [-0.05, 0) is 40.7 Å². The van der Waals surface area contributed by atoms with Crippen molar-refractivity contribution in [3.8, 4) is 34.5 Å². The number of aromatic hydroxyl groups is 2. The fourth-order valence-electron chi connectivity index (χ4n) is 9.17. The maximum absolute atomic E-state index is 14.8. The van der Waals surface area contributed by atoms with Crippen molar-refractivity contribution in [1.82, 2.24) is 9.88 Å². The predicted octanol–water partition coefficient (Wildman–Crippen LogP) is 6.68. The maximum atomic E-state index is 14.8. The number of allylic oxidation sites excluding steroid dienone is 2. The number of ether oxygens (including phenoxy) is 5. The van der Waals surface area contributed by atoms with E-state index in [1.165, 1.54) is 72.3 Å². The quantitative estimate of drug-likeness (QED) is 0.0767. The third-order valence-corrected chi connectivity index (χ3v) is 13.2. The molecule has 3 heterocycles. The first-order valence-electron chi connectivity index (χ1n) is 22.8. The van der Waals surface area contributed by atoms with E-state index < -0.39 is 105 Å². The highest BCUT2D eigenvalue weighted by atomic mass is 16.7. The summed E-state index contributed by atoms with van der Waals surface area (Å²) in [6.45, 7) is 19.7. The van der Waals surface area contributed by atoms with Crippen LogP contribution in [0.5, 0.6) is 23.0 Å². The first-order valence-corrected chi connectivity index (χ1v) is 22.8. The lowest BCUT2D eigenvalue weighted by atomic mass is 9.78. The van der Waals surface area contributed by atoms with Crippen molar-refractivity contribution in [3.05, 3.63) is 69.6 Å². The molecule has 4 aliphatic rings. The van der Waals surface area contributed by atoms with Gasteiger partial charge < -0.3 is 58.7 Å². The Morgan fingerprint density at radius 2 is 1.64 bits per heavy atom. The lowest BCUT2D eigenvalue weighted by Gasteiger charge is -2.38. The van der Waals surface area contributed by atoms with E-state index in [-0.39, 0.29) is 75.2 Å². The summed E-state index contributed by atoms with van der Waals surface area (Å²) in [5.41, 5.74) is -2.46. The Hall–Kier alpha value is -6.50. The average Bonchev–Trinajstić information content (AvgIpc) is 3.54.